The van der Waals surface area contributed by atoms with Crippen molar-refractivity contribution in [1.82, 2.24) is 47.5 Å². The number of nitrogens with one attached hydrogen (secondary N) is 7. The van der Waals surface area contributed by atoms with E-state index in [0.717, 1.165) is 12.3 Å². The van der Waals surface area contributed by atoms with E-state index in [4.69, 9.17) is 0 Å². The van der Waals surface area contributed by atoms with Gasteiger partial charge in [0, 0.05) is 17.3 Å². The van der Waals surface area contributed by atoms with Gasteiger partial charge in [0.15, 0.2) is 0 Å². The van der Waals surface area contributed by atoms with Crippen molar-refractivity contribution in [1.29, 1.82) is 0 Å². The van der Waals surface area contributed by atoms with Gasteiger partial charge in [-0.15, -0.1) is 0 Å². The summed E-state index contributed by atoms with van der Waals surface area (Å²) in [5, 5.41) is 31.1. The average Bonchev–Trinajstić information content (AvgIpc) is 3.74. The topological polar surface area (TPSA) is 90.7 Å². The van der Waals surface area contributed by atoms with E-state index in [-0.39, 0.29) is 17.7 Å². The van der Waals surface area contributed by atoms with Gasteiger partial charge in [0.05, 0.1) is 49.3 Å². The van der Waals surface area contributed by atoms with Gasteiger partial charge in [-0.1, -0.05) is 76.7 Å². The van der Waals surface area contributed by atoms with Crippen LogP contribution in [0.3, 0.4) is 0 Å². The number of rotatable bonds is 1. The fourth-order valence-corrected chi connectivity index (χ4v) is 12.5. The van der Waals surface area contributed by atoms with Crippen molar-refractivity contribution in [2.45, 2.75) is 147 Å². The number of hydrogen-bond donors (Lipinski definition) is 7. The summed E-state index contributed by atoms with van der Waals surface area (Å²) in [4.78, 5) is 0. The number of hydrogen-bond acceptors (Lipinski definition) is 9. The molecule has 4 aliphatic carbocycles. The first-order chi connectivity index (χ1) is 22.1. The minimum absolute atomic E-state index is 0.136. The molecule has 45 heavy (non-hydrogen) atoms. The second-order valence-corrected chi connectivity index (χ2v) is 17.2. The van der Waals surface area contributed by atoms with Crippen LogP contribution in [0.15, 0.2) is 24.3 Å². The number of nitrogens with zero attached hydrogens (tertiary/aromatic N) is 2. The Hall–Kier alpha value is -0.880. The molecule has 17 unspecified atom stereocenters. The van der Waals surface area contributed by atoms with Gasteiger partial charge < -0.3 is 0 Å². The third-order valence-electron chi connectivity index (χ3n) is 15.0. The highest BCUT2D eigenvalue weighted by Gasteiger charge is 2.61. The molecule has 17 atom stereocenters. The minimum Gasteiger partial charge on any atom is -0.286 e. The fourth-order valence-electron chi connectivity index (χ4n) is 12.5. The van der Waals surface area contributed by atoms with Gasteiger partial charge in [0.25, 0.3) is 0 Å². The number of allylic oxidation sites excluding steroid dienone is 2. The van der Waals surface area contributed by atoms with E-state index in [9.17, 15) is 0 Å². The first-order valence-corrected chi connectivity index (χ1v) is 19.4. The molecule has 0 aromatic rings. The maximum atomic E-state index is 4.38. The summed E-state index contributed by atoms with van der Waals surface area (Å²) in [6.45, 7) is 4.74. The fraction of sp³-hybridized carbons (Fsp3) is 0.889. The Morgan fingerprint density at radius 1 is 0.511 bits per heavy atom. The second kappa shape index (κ2) is 11.1. The van der Waals surface area contributed by atoms with Crippen molar-refractivity contribution < 1.29 is 0 Å². The molecule has 6 aliphatic heterocycles. The van der Waals surface area contributed by atoms with Crippen molar-refractivity contribution >= 4 is 0 Å². The smallest absolute Gasteiger partial charge is 0.0808 e. The molecular weight excluding hydrogens is 558 g/mol. The summed E-state index contributed by atoms with van der Waals surface area (Å²) in [7, 11) is 0. The highest BCUT2D eigenvalue weighted by atomic mass is 15.9. The SMILES string of the molecule is CCC1(C)C=CC2C3NC(NC4C5CCCCC5C5NC6C7CCCCC7C(NC7NC(N3)C3CCCCC73)N6NN45)C2C=C1. The van der Waals surface area contributed by atoms with E-state index in [1.54, 1.807) is 0 Å². The van der Waals surface area contributed by atoms with E-state index in [0.29, 0.717) is 78.4 Å². The third-order valence-corrected chi connectivity index (χ3v) is 15.0. The molecule has 9 heteroatoms. The van der Waals surface area contributed by atoms with Crippen LogP contribution in [0.4, 0.5) is 0 Å². The van der Waals surface area contributed by atoms with E-state index < -0.39 is 0 Å². The lowest BCUT2D eigenvalue weighted by Crippen LogP contribution is -2.75. The maximum absolute atomic E-state index is 4.38. The van der Waals surface area contributed by atoms with Crippen LogP contribution in [0.1, 0.15) is 97.3 Å². The normalized spacial score (nSPS) is 57.0. The van der Waals surface area contributed by atoms with Crippen molar-refractivity contribution in [2.24, 2.45) is 52.8 Å². The highest BCUT2D eigenvalue weighted by molar-refractivity contribution is 5.22. The van der Waals surface area contributed by atoms with Gasteiger partial charge in [0.2, 0.25) is 0 Å². The lowest BCUT2D eigenvalue weighted by molar-refractivity contribution is -0.132. The molecule has 6 saturated heterocycles. The van der Waals surface area contributed by atoms with E-state index in [1.807, 2.05) is 0 Å². The van der Waals surface area contributed by atoms with Gasteiger partial charge in [-0.05, 0) is 80.5 Å². The molecule has 0 amide bonds. The molecule has 6 bridgehead atoms. The monoisotopic (exact) mass is 617 g/mol. The number of fused-ring (bicyclic) bond motifs is 16. The highest BCUT2D eigenvalue weighted by Crippen LogP contribution is 2.50. The Balaban J connectivity index is 1.06. The minimum atomic E-state index is 0.136. The van der Waals surface area contributed by atoms with Gasteiger partial charge in [-0.2, -0.15) is 15.6 Å². The first kappa shape index (κ1) is 29.1. The molecular formula is C36H59N9. The zero-order valence-electron chi connectivity index (χ0n) is 27.6. The number of hydrazine groups is 2. The first-order valence-electron chi connectivity index (χ1n) is 19.4. The average molecular weight is 618 g/mol. The van der Waals surface area contributed by atoms with Crippen molar-refractivity contribution in [3.63, 3.8) is 0 Å². The van der Waals surface area contributed by atoms with Crippen LogP contribution in [0.2, 0.25) is 0 Å². The van der Waals surface area contributed by atoms with Crippen molar-refractivity contribution in [2.75, 3.05) is 0 Å². The predicted octanol–water partition coefficient (Wildman–Crippen LogP) is 3.43. The van der Waals surface area contributed by atoms with Crippen LogP contribution < -0.4 is 37.4 Å². The Morgan fingerprint density at radius 3 is 1.40 bits per heavy atom. The molecule has 0 aromatic carbocycles. The van der Waals surface area contributed by atoms with Crippen molar-refractivity contribution in [3.05, 3.63) is 24.3 Å². The lowest BCUT2D eigenvalue weighted by atomic mass is 9.77. The summed E-state index contributed by atoms with van der Waals surface area (Å²) in [5.41, 5.74) is 4.35. The van der Waals surface area contributed by atoms with Crippen LogP contribution in [-0.2, 0) is 0 Å². The van der Waals surface area contributed by atoms with Gasteiger partial charge in [-0.25, -0.2) is 0 Å². The molecule has 3 saturated carbocycles. The Labute approximate surface area is 270 Å². The molecule has 10 rings (SSSR count). The quantitative estimate of drug-likeness (QED) is 0.224. The zero-order chi connectivity index (χ0) is 29.9. The molecule has 9 fully saturated rings. The van der Waals surface area contributed by atoms with Crippen LogP contribution in [0, 0.1) is 52.8 Å². The van der Waals surface area contributed by atoms with Gasteiger partial charge in [0.1, 0.15) is 0 Å². The van der Waals surface area contributed by atoms with E-state index in [2.05, 4.69) is 85.6 Å². The molecule has 0 radical (unpaired) electrons. The second-order valence-electron chi connectivity index (χ2n) is 17.2. The molecule has 10 aliphatic rings. The summed E-state index contributed by atoms with van der Waals surface area (Å²) >= 11 is 0. The molecule has 248 valence electrons. The van der Waals surface area contributed by atoms with Crippen molar-refractivity contribution in [3.8, 4) is 0 Å². The Bertz CT molecular complexity index is 1190. The molecule has 0 aromatic heterocycles. The Morgan fingerprint density at radius 2 is 0.889 bits per heavy atom. The zero-order valence-corrected chi connectivity index (χ0v) is 27.6. The molecule has 7 N–H and O–H groups in total. The molecule has 0 spiro atoms. The van der Waals surface area contributed by atoms with Crippen LogP contribution in [0.25, 0.3) is 0 Å². The van der Waals surface area contributed by atoms with E-state index in [1.165, 1.54) is 77.0 Å². The standard InChI is InChI=1S/C36H59N9/c1-3-36(2)18-16-22-23(17-19-36)31-39-29(22)37-28-20-10-4-5-11-21(20)30(38-28)40-32-24-12-6-8-14-26(24)34-42-35-27-15-9-7-13-25(27)33(41-31)45(35)43-44(32)34/h16-35,37-43H,3-15H2,1-2H3. The summed E-state index contributed by atoms with van der Waals surface area (Å²) in [6.07, 6.45) is 30.3. The van der Waals surface area contributed by atoms with E-state index >= 15 is 0 Å². The Kier molecular flexibility index (Phi) is 7.15. The maximum Gasteiger partial charge on any atom is 0.0808 e. The largest absolute Gasteiger partial charge is 0.286 e. The summed E-state index contributed by atoms with van der Waals surface area (Å²) in [6, 6.07) is 0. The lowest BCUT2D eigenvalue weighted by Gasteiger charge is -2.48. The summed E-state index contributed by atoms with van der Waals surface area (Å²) in [5.74, 6) is 5.02. The summed E-state index contributed by atoms with van der Waals surface area (Å²) < 4.78 is 0. The van der Waals surface area contributed by atoms with Crippen LogP contribution >= 0.6 is 0 Å². The third kappa shape index (κ3) is 4.51. The van der Waals surface area contributed by atoms with Crippen LogP contribution in [-0.4, -0.2) is 59.3 Å². The van der Waals surface area contributed by atoms with Gasteiger partial charge >= 0.3 is 0 Å². The van der Waals surface area contributed by atoms with Gasteiger partial charge in [-0.3, -0.25) is 31.9 Å². The molecule has 9 nitrogen and oxygen atoms in total. The van der Waals surface area contributed by atoms with Crippen LogP contribution in [0.5, 0.6) is 0 Å². The molecule has 6 heterocycles. The predicted molar refractivity (Wildman–Crippen MR) is 176 cm³/mol.